The fourth-order valence-corrected chi connectivity index (χ4v) is 2.15. The van der Waals surface area contributed by atoms with E-state index in [9.17, 15) is 9.90 Å². The number of hydrogen-bond acceptors (Lipinski definition) is 3. The molecule has 0 aliphatic heterocycles. The predicted octanol–water partition coefficient (Wildman–Crippen LogP) is 3.17. The van der Waals surface area contributed by atoms with Gasteiger partial charge in [-0.15, -0.1) is 11.5 Å². The van der Waals surface area contributed by atoms with Crippen LogP contribution in [0.5, 0.6) is 5.88 Å². The van der Waals surface area contributed by atoms with Crippen molar-refractivity contribution in [3.8, 4) is 18.2 Å². The first kappa shape index (κ1) is 14.1. The molecule has 1 heterocycles. The highest BCUT2D eigenvalue weighted by Crippen LogP contribution is 2.39. The second-order valence-corrected chi connectivity index (χ2v) is 4.79. The number of nitrogens with zero attached hydrogens (tertiary/aromatic N) is 3. The molecule has 20 heavy (non-hydrogen) atoms. The Morgan fingerprint density at radius 1 is 1.60 bits per heavy atom. The highest BCUT2D eigenvalue weighted by molar-refractivity contribution is 9.10. The van der Waals surface area contributed by atoms with Crippen molar-refractivity contribution in [3.63, 3.8) is 0 Å². The van der Waals surface area contributed by atoms with Gasteiger partial charge < -0.3 is 10.4 Å². The van der Waals surface area contributed by atoms with Gasteiger partial charge in [0.15, 0.2) is 5.69 Å². The van der Waals surface area contributed by atoms with E-state index in [2.05, 4.69) is 37.4 Å². The molecule has 6 nitrogen and oxygen atoms in total. The van der Waals surface area contributed by atoms with E-state index in [1.54, 1.807) is 12.1 Å². The van der Waals surface area contributed by atoms with E-state index in [-0.39, 0.29) is 18.1 Å². The average Bonchev–Trinajstić information content (AvgIpc) is 2.69. The Bertz CT molecular complexity index is 743. The van der Waals surface area contributed by atoms with Gasteiger partial charge in [-0.25, -0.2) is 4.79 Å². The van der Waals surface area contributed by atoms with Crippen LogP contribution >= 0.6 is 15.9 Å². The maximum Gasteiger partial charge on any atom is 0.359 e. The third kappa shape index (κ3) is 2.51. The number of nitrogens with one attached hydrogen (secondary N) is 1. The Morgan fingerprint density at radius 3 is 3.00 bits per heavy atom. The monoisotopic (exact) mass is 334 g/mol. The van der Waals surface area contributed by atoms with Gasteiger partial charge in [0.2, 0.25) is 5.88 Å². The fraction of sp³-hybridized carbons (Fsp3) is 0.154. The summed E-state index contributed by atoms with van der Waals surface area (Å²) < 4.78 is 2.35. The highest BCUT2D eigenvalue weighted by atomic mass is 79.9. The first-order chi connectivity index (χ1) is 9.58. The van der Waals surface area contributed by atoms with E-state index >= 15 is 0 Å². The molecule has 0 aliphatic rings. The number of amides is 2. The van der Waals surface area contributed by atoms with E-state index < -0.39 is 6.03 Å². The van der Waals surface area contributed by atoms with Gasteiger partial charge in [0.05, 0.1) is 12.1 Å². The van der Waals surface area contributed by atoms with Gasteiger partial charge >= 0.3 is 6.03 Å². The van der Waals surface area contributed by atoms with Crippen LogP contribution in [0.2, 0.25) is 0 Å². The third-order valence-electron chi connectivity index (χ3n) is 2.68. The summed E-state index contributed by atoms with van der Waals surface area (Å²) in [6.45, 7) is 0.194. The molecule has 7 heteroatoms. The SMILES string of the molecule is C#CCn1c(O)c(N=NC(=O)NC)c2cc(Br)ccc21. The fourth-order valence-electron chi connectivity index (χ4n) is 1.79. The summed E-state index contributed by atoms with van der Waals surface area (Å²) in [6.07, 6.45) is 5.29. The van der Waals surface area contributed by atoms with E-state index in [1.807, 2.05) is 6.07 Å². The topological polar surface area (TPSA) is 79.0 Å². The number of urea groups is 1. The molecule has 2 aromatic rings. The number of hydrogen-bond donors (Lipinski definition) is 2. The average molecular weight is 335 g/mol. The molecule has 2 rings (SSSR count). The van der Waals surface area contributed by atoms with Crippen molar-refractivity contribution < 1.29 is 9.90 Å². The Labute approximate surface area is 123 Å². The summed E-state index contributed by atoms with van der Waals surface area (Å²) in [7, 11) is 1.44. The summed E-state index contributed by atoms with van der Waals surface area (Å²) >= 11 is 3.35. The summed E-state index contributed by atoms with van der Waals surface area (Å²) in [4.78, 5) is 11.1. The molecule has 2 N–H and O–H groups in total. The lowest BCUT2D eigenvalue weighted by molar-refractivity contribution is 0.250. The molecule has 0 fully saturated rings. The largest absolute Gasteiger partial charge is 0.493 e. The van der Waals surface area contributed by atoms with Crippen LogP contribution in [0.4, 0.5) is 10.5 Å². The summed E-state index contributed by atoms with van der Waals surface area (Å²) in [6, 6.07) is 4.81. The molecule has 0 spiro atoms. The van der Waals surface area contributed by atoms with E-state index in [1.165, 1.54) is 11.6 Å². The van der Waals surface area contributed by atoms with E-state index in [0.29, 0.717) is 5.39 Å². The van der Waals surface area contributed by atoms with Crippen LogP contribution in [0.3, 0.4) is 0 Å². The van der Waals surface area contributed by atoms with Gasteiger partial charge in [-0.3, -0.25) is 4.57 Å². The summed E-state index contributed by atoms with van der Waals surface area (Å²) in [5.41, 5.74) is 0.926. The minimum absolute atomic E-state index is 0.122. The molecule has 0 bridgehead atoms. The van der Waals surface area contributed by atoms with Gasteiger partial charge in [-0.2, -0.15) is 0 Å². The zero-order valence-corrected chi connectivity index (χ0v) is 12.2. The van der Waals surface area contributed by atoms with Gasteiger partial charge in [-0.1, -0.05) is 27.0 Å². The van der Waals surface area contributed by atoms with Crippen molar-refractivity contribution in [1.82, 2.24) is 9.88 Å². The molecular weight excluding hydrogens is 324 g/mol. The van der Waals surface area contributed by atoms with Crippen molar-refractivity contribution in [3.05, 3.63) is 22.7 Å². The van der Waals surface area contributed by atoms with Gasteiger partial charge in [0.25, 0.3) is 0 Å². The smallest absolute Gasteiger partial charge is 0.359 e. The molecule has 102 valence electrons. The normalized spacial score (nSPS) is 10.8. The van der Waals surface area contributed by atoms with Crippen LogP contribution < -0.4 is 5.32 Å². The Balaban J connectivity index is 2.66. The number of rotatable bonds is 2. The Kier molecular flexibility index (Phi) is 4.05. The van der Waals surface area contributed by atoms with E-state index in [0.717, 1.165) is 9.99 Å². The molecule has 0 unspecified atom stereocenters. The molecule has 0 aliphatic carbocycles. The Morgan fingerprint density at radius 2 is 2.35 bits per heavy atom. The van der Waals surface area contributed by atoms with Gasteiger partial charge in [0, 0.05) is 16.9 Å². The van der Waals surface area contributed by atoms with Gasteiger partial charge in [-0.05, 0) is 18.2 Å². The molecule has 0 radical (unpaired) electrons. The molecule has 2 amide bonds. The Hall–Kier alpha value is -2.33. The van der Waals surface area contributed by atoms with Crippen LogP contribution in [0, 0.1) is 12.3 Å². The van der Waals surface area contributed by atoms with Crippen molar-refractivity contribution in [2.75, 3.05) is 7.05 Å². The maximum atomic E-state index is 11.1. The number of aromatic nitrogens is 1. The first-order valence-electron chi connectivity index (χ1n) is 5.66. The number of terminal acetylenes is 1. The van der Waals surface area contributed by atoms with Crippen molar-refractivity contribution in [2.45, 2.75) is 6.54 Å². The highest BCUT2D eigenvalue weighted by Gasteiger charge is 2.16. The number of benzene rings is 1. The number of fused-ring (bicyclic) bond motifs is 1. The molecule has 0 saturated heterocycles. The van der Waals surface area contributed by atoms with Crippen LogP contribution in [0.25, 0.3) is 10.9 Å². The van der Waals surface area contributed by atoms with Crippen LogP contribution in [-0.4, -0.2) is 22.8 Å². The van der Waals surface area contributed by atoms with E-state index in [4.69, 9.17) is 6.42 Å². The molecule has 1 aromatic carbocycles. The first-order valence-corrected chi connectivity index (χ1v) is 6.45. The summed E-state index contributed by atoms with van der Waals surface area (Å²) in [5.74, 6) is 2.34. The van der Waals surface area contributed by atoms with Crippen LogP contribution in [0.1, 0.15) is 0 Å². The van der Waals surface area contributed by atoms with Crippen LogP contribution in [0.15, 0.2) is 32.9 Å². The van der Waals surface area contributed by atoms with Gasteiger partial charge in [0.1, 0.15) is 0 Å². The van der Waals surface area contributed by atoms with Crippen molar-refractivity contribution >= 4 is 38.6 Å². The molecule has 1 aromatic heterocycles. The quantitative estimate of drug-likeness (QED) is 0.653. The second-order valence-electron chi connectivity index (χ2n) is 3.88. The van der Waals surface area contributed by atoms with Crippen molar-refractivity contribution in [2.24, 2.45) is 10.2 Å². The minimum Gasteiger partial charge on any atom is -0.493 e. The van der Waals surface area contributed by atoms with Crippen molar-refractivity contribution in [1.29, 1.82) is 0 Å². The lowest BCUT2D eigenvalue weighted by Gasteiger charge is -2.00. The predicted molar refractivity (Wildman–Crippen MR) is 79.1 cm³/mol. The second kappa shape index (κ2) is 5.75. The van der Waals surface area contributed by atoms with Crippen LogP contribution in [-0.2, 0) is 6.54 Å². The zero-order chi connectivity index (χ0) is 14.7. The molecular formula is C13H11BrN4O2. The zero-order valence-electron chi connectivity index (χ0n) is 10.6. The lowest BCUT2D eigenvalue weighted by atomic mass is 10.2. The number of carbonyl (C=O) groups is 1. The molecule has 0 saturated carbocycles. The third-order valence-corrected chi connectivity index (χ3v) is 3.17. The summed E-state index contributed by atoms with van der Waals surface area (Å²) in [5, 5.41) is 20.4. The number of halogens is 1. The number of carbonyl (C=O) groups excluding carboxylic acids is 1. The number of aromatic hydroxyl groups is 1. The number of azo groups is 1. The lowest BCUT2D eigenvalue weighted by Crippen LogP contribution is -2.11. The minimum atomic E-state index is -0.600. The standard InChI is InChI=1S/C13H11BrN4O2/c1-3-6-18-10-5-4-8(14)7-9(10)11(12(18)19)16-17-13(20)15-2/h1,4-5,7,19H,6H2,2H3,(H,15,20). The maximum absolute atomic E-state index is 11.1. The molecule has 0 atom stereocenters.